The summed E-state index contributed by atoms with van der Waals surface area (Å²) >= 11 is 0. The van der Waals surface area contributed by atoms with Crippen molar-refractivity contribution in [3.63, 3.8) is 0 Å². The fourth-order valence-corrected chi connectivity index (χ4v) is 4.06. The van der Waals surface area contributed by atoms with E-state index in [4.69, 9.17) is 4.74 Å². The van der Waals surface area contributed by atoms with Crippen molar-refractivity contribution in [2.75, 3.05) is 6.61 Å². The van der Waals surface area contributed by atoms with Crippen LogP contribution in [0.3, 0.4) is 0 Å². The van der Waals surface area contributed by atoms with Gasteiger partial charge in [0.2, 0.25) is 5.91 Å². The Morgan fingerprint density at radius 2 is 2.00 bits per heavy atom. The Kier molecular flexibility index (Phi) is 2.58. The lowest BCUT2D eigenvalue weighted by Gasteiger charge is -2.60. The van der Waals surface area contributed by atoms with Crippen molar-refractivity contribution < 1.29 is 14.6 Å². The molecule has 106 valence electrons. The number of carbonyl (C=O) groups is 1. The number of rotatable bonds is 1. The molecule has 0 radical (unpaired) electrons. The molecule has 3 aliphatic rings. The van der Waals surface area contributed by atoms with Crippen LogP contribution in [0.25, 0.3) is 0 Å². The summed E-state index contributed by atoms with van der Waals surface area (Å²) in [5, 5.41) is 9.52. The van der Waals surface area contributed by atoms with E-state index >= 15 is 0 Å². The van der Waals surface area contributed by atoms with E-state index in [9.17, 15) is 9.90 Å². The van der Waals surface area contributed by atoms with Gasteiger partial charge in [0.05, 0.1) is 18.6 Å². The Labute approximate surface area is 118 Å². The van der Waals surface area contributed by atoms with Crippen LogP contribution in [0.5, 0.6) is 5.75 Å². The Morgan fingerprint density at radius 1 is 1.25 bits per heavy atom. The van der Waals surface area contributed by atoms with Crippen molar-refractivity contribution >= 4 is 5.91 Å². The molecule has 2 heterocycles. The number of benzene rings is 1. The van der Waals surface area contributed by atoms with Gasteiger partial charge in [-0.1, -0.05) is 24.6 Å². The Hall–Kier alpha value is -1.55. The molecule has 1 amide bonds. The van der Waals surface area contributed by atoms with Gasteiger partial charge < -0.3 is 9.84 Å². The highest BCUT2D eigenvalue weighted by Crippen LogP contribution is 2.55. The van der Waals surface area contributed by atoms with Crippen LogP contribution >= 0.6 is 0 Å². The minimum absolute atomic E-state index is 0.00412. The molecule has 4 nitrogen and oxygen atoms in total. The molecule has 1 N–H and O–H groups in total. The van der Waals surface area contributed by atoms with Crippen LogP contribution in [-0.2, 0) is 4.79 Å². The quantitative estimate of drug-likeness (QED) is 0.798. The summed E-state index contributed by atoms with van der Waals surface area (Å²) < 4.78 is 6.28. The van der Waals surface area contributed by atoms with Gasteiger partial charge >= 0.3 is 0 Å². The van der Waals surface area contributed by atoms with Gasteiger partial charge in [-0.2, -0.15) is 0 Å². The van der Waals surface area contributed by atoms with Gasteiger partial charge in [0.1, 0.15) is 5.75 Å². The number of aliphatic hydroxyl groups excluding tert-OH is 1. The molecule has 2 atom stereocenters. The van der Waals surface area contributed by atoms with Crippen LogP contribution in [0, 0.1) is 5.92 Å². The fourth-order valence-electron chi connectivity index (χ4n) is 4.06. The number of β-lactam (4-membered cyclic amide) rings is 1. The summed E-state index contributed by atoms with van der Waals surface area (Å²) in [5.41, 5.74) is 0.586. The molecule has 20 heavy (non-hydrogen) atoms. The predicted molar refractivity (Wildman–Crippen MR) is 73.0 cm³/mol. The van der Waals surface area contributed by atoms with E-state index in [0.717, 1.165) is 37.0 Å². The van der Waals surface area contributed by atoms with E-state index in [0.29, 0.717) is 0 Å². The summed E-state index contributed by atoms with van der Waals surface area (Å²) in [7, 11) is 0. The molecule has 0 aromatic heterocycles. The van der Waals surface area contributed by atoms with Crippen LogP contribution in [0.2, 0.25) is 0 Å². The molecule has 4 heteroatoms. The molecule has 1 aliphatic carbocycles. The van der Waals surface area contributed by atoms with Gasteiger partial charge in [0, 0.05) is 18.4 Å². The Bertz CT molecular complexity index is 550. The zero-order valence-electron chi connectivity index (χ0n) is 11.4. The first-order chi connectivity index (χ1) is 9.77. The lowest BCUT2D eigenvalue weighted by molar-refractivity contribution is -0.216. The monoisotopic (exact) mass is 273 g/mol. The Balaban J connectivity index is 1.81. The van der Waals surface area contributed by atoms with Crippen molar-refractivity contribution in [1.82, 2.24) is 4.90 Å². The molecule has 1 spiro atoms. The summed E-state index contributed by atoms with van der Waals surface area (Å²) in [6.07, 6.45) is 5.22. The zero-order valence-corrected chi connectivity index (χ0v) is 11.4. The normalized spacial score (nSPS) is 30.2. The minimum atomic E-state index is -0.458. The summed E-state index contributed by atoms with van der Waals surface area (Å²) in [4.78, 5) is 14.3. The first kappa shape index (κ1) is 12.2. The van der Waals surface area contributed by atoms with E-state index in [-0.39, 0.29) is 24.5 Å². The van der Waals surface area contributed by atoms with E-state index < -0.39 is 5.72 Å². The second kappa shape index (κ2) is 4.22. The van der Waals surface area contributed by atoms with E-state index in [2.05, 4.69) is 0 Å². The maximum Gasteiger partial charge on any atom is 0.234 e. The average Bonchev–Trinajstić information content (AvgIpc) is 2.47. The highest BCUT2D eigenvalue weighted by atomic mass is 16.5. The van der Waals surface area contributed by atoms with Gasteiger partial charge in [-0.15, -0.1) is 0 Å². The van der Waals surface area contributed by atoms with Crippen molar-refractivity contribution in [3.8, 4) is 5.75 Å². The SMILES string of the molecule is O=C1[C@H](CO)[C@H]2c3ccccc3OC3(CCCCC3)N12. The second-order valence-corrected chi connectivity index (χ2v) is 6.09. The smallest absolute Gasteiger partial charge is 0.234 e. The van der Waals surface area contributed by atoms with Crippen LogP contribution < -0.4 is 4.74 Å². The lowest BCUT2D eigenvalue weighted by atomic mass is 9.75. The largest absolute Gasteiger partial charge is 0.468 e. The lowest BCUT2D eigenvalue weighted by Crippen LogP contribution is -2.70. The van der Waals surface area contributed by atoms with Gasteiger partial charge in [0.15, 0.2) is 5.72 Å². The molecule has 4 rings (SSSR count). The number of para-hydroxylation sites is 1. The maximum atomic E-state index is 12.4. The Morgan fingerprint density at radius 3 is 2.75 bits per heavy atom. The van der Waals surface area contributed by atoms with E-state index in [1.54, 1.807) is 0 Å². The number of hydrogen-bond acceptors (Lipinski definition) is 3. The highest BCUT2D eigenvalue weighted by Gasteiger charge is 2.61. The van der Waals surface area contributed by atoms with Crippen molar-refractivity contribution in [2.45, 2.75) is 43.9 Å². The molecule has 0 unspecified atom stereocenters. The fraction of sp³-hybridized carbons (Fsp3) is 0.562. The van der Waals surface area contributed by atoms with Gasteiger partial charge in [-0.25, -0.2) is 0 Å². The average molecular weight is 273 g/mol. The number of fused-ring (bicyclic) bond motifs is 4. The third-order valence-corrected chi connectivity index (χ3v) is 5.02. The third-order valence-electron chi connectivity index (χ3n) is 5.02. The number of aliphatic hydroxyl groups is 1. The van der Waals surface area contributed by atoms with Gasteiger partial charge in [-0.05, 0) is 18.9 Å². The molecule has 1 saturated carbocycles. The number of amides is 1. The predicted octanol–water partition coefficient (Wildman–Crippen LogP) is 2.23. The number of ether oxygens (including phenoxy) is 1. The maximum absolute atomic E-state index is 12.4. The van der Waals surface area contributed by atoms with Crippen LogP contribution in [0.1, 0.15) is 43.7 Å². The zero-order chi connectivity index (χ0) is 13.7. The molecule has 1 aromatic carbocycles. The first-order valence-electron chi connectivity index (χ1n) is 7.49. The van der Waals surface area contributed by atoms with E-state index in [1.807, 2.05) is 29.2 Å². The van der Waals surface area contributed by atoms with Crippen LogP contribution in [0.4, 0.5) is 0 Å². The van der Waals surface area contributed by atoms with Crippen LogP contribution in [0.15, 0.2) is 24.3 Å². The van der Waals surface area contributed by atoms with Crippen molar-refractivity contribution in [2.24, 2.45) is 5.92 Å². The molecular formula is C16H19NO3. The molecule has 2 aliphatic heterocycles. The van der Waals surface area contributed by atoms with Gasteiger partial charge in [-0.3, -0.25) is 9.69 Å². The summed E-state index contributed by atoms with van der Waals surface area (Å²) in [6, 6.07) is 7.93. The number of hydrogen-bond donors (Lipinski definition) is 1. The molecule has 0 bridgehead atoms. The summed E-state index contributed by atoms with van der Waals surface area (Å²) in [6.45, 7) is -0.0790. The molecular weight excluding hydrogens is 254 g/mol. The standard InChI is InChI=1S/C16H19NO3/c18-10-12-14-11-6-2-3-7-13(11)20-16(17(14)15(12)19)8-4-1-5-9-16/h2-3,6-7,12,14,18H,1,4-5,8-10H2/t12-,14-/m1/s1. The number of carbonyl (C=O) groups excluding carboxylic acids is 1. The first-order valence-corrected chi connectivity index (χ1v) is 7.49. The highest BCUT2D eigenvalue weighted by molar-refractivity contribution is 5.88. The van der Waals surface area contributed by atoms with Crippen LogP contribution in [-0.4, -0.2) is 28.2 Å². The van der Waals surface area contributed by atoms with Gasteiger partial charge in [0.25, 0.3) is 0 Å². The second-order valence-electron chi connectivity index (χ2n) is 6.09. The number of nitrogens with zero attached hydrogens (tertiary/aromatic N) is 1. The topological polar surface area (TPSA) is 49.8 Å². The van der Waals surface area contributed by atoms with E-state index in [1.165, 1.54) is 6.42 Å². The van der Waals surface area contributed by atoms with Crippen molar-refractivity contribution in [1.29, 1.82) is 0 Å². The molecule has 1 saturated heterocycles. The summed E-state index contributed by atoms with van der Waals surface area (Å²) in [5.74, 6) is 0.648. The minimum Gasteiger partial charge on any atom is -0.468 e. The third kappa shape index (κ3) is 1.43. The van der Waals surface area contributed by atoms with Crippen molar-refractivity contribution in [3.05, 3.63) is 29.8 Å². The molecule has 1 aromatic rings. The molecule has 2 fully saturated rings.